The molecule has 0 aliphatic carbocycles. The summed E-state index contributed by atoms with van der Waals surface area (Å²) >= 11 is 0. The quantitative estimate of drug-likeness (QED) is 0.231. The molecule has 0 spiro atoms. The lowest BCUT2D eigenvalue weighted by Gasteiger charge is -2.11. The van der Waals surface area contributed by atoms with Gasteiger partial charge < -0.3 is 4.18 Å². The molecule has 0 radical (unpaired) electrons. The first-order valence-electron chi connectivity index (χ1n) is 8.07. The van der Waals surface area contributed by atoms with E-state index in [1.165, 1.54) is 0 Å². The first-order valence-corrected chi connectivity index (χ1v) is 9.48. The van der Waals surface area contributed by atoms with Gasteiger partial charge in [-0.3, -0.25) is 0 Å². The van der Waals surface area contributed by atoms with Crippen LogP contribution in [0.25, 0.3) is 0 Å². The van der Waals surface area contributed by atoms with E-state index in [1.807, 2.05) is 0 Å². The summed E-state index contributed by atoms with van der Waals surface area (Å²) in [5, 5.41) is 0. The molecule has 1 rings (SSSR count). The molecule has 0 heterocycles. The number of aryl methyl sites for hydroxylation is 1. The van der Waals surface area contributed by atoms with Crippen LogP contribution in [0.15, 0.2) is 12.1 Å². The van der Waals surface area contributed by atoms with E-state index in [9.17, 15) is 30.4 Å². The van der Waals surface area contributed by atoms with Crippen molar-refractivity contribution in [3.8, 4) is 5.75 Å². The summed E-state index contributed by atoms with van der Waals surface area (Å²) in [5.74, 6) is -4.44. The maximum atomic E-state index is 13.9. The summed E-state index contributed by atoms with van der Waals surface area (Å²) in [6, 6.07) is 1.73. The van der Waals surface area contributed by atoms with Gasteiger partial charge in [0.15, 0.2) is 11.6 Å². The van der Waals surface area contributed by atoms with E-state index in [1.54, 1.807) is 0 Å². The molecule has 144 valence electrons. The number of hydrogen-bond donors (Lipinski definition) is 0. The predicted octanol–water partition coefficient (Wildman–Crippen LogP) is 5.49. The highest BCUT2D eigenvalue weighted by molar-refractivity contribution is 7.88. The highest BCUT2D eigenvalue weighted by Gasteiger charge is 2.49. The van der Waals surface area contributed by atoms with Crippen LogP contribution < -0.4 is 4.18 Å². The van der Waals surface area contributed by atoms with Crippen molar-refractivity contribution < 1.29 is 34.6 Å². The van der Waals surface area contributed by atoms with Gasteiger partial charge in [0.2, 0.25) is 5.82 Å². The smallest absolute Gasteiger partial charge is 0.373 e. The van der Waals surface area contributed by atoms with E-state index in [0.29, 0.717) is 12.5 Å². The fraction of sp³-hybridized carbons (Fsp3) is 0.625. The van der Waals surface area contributed by atoms with Crippen LogP contribution in [0.5, 0.6) is 5.75 Å². The molecule has 0 fully saturated rings. The van der Waals surface area contributed by atoms with Crippen molar-refractivity contribution in [2.75, 3.05) is 0 Å². The summed E-state index contributed by atoms with van der Waals surface area (Å²) in [6.07, 6.45) is 7.07. The van der Waals surface area contributed by atoms with E-state index < -0.39 is 33.0 Å². The first-order chi connectivity index (χ1) is 11.6. The number of unbranched alkanes of at least 4 members (excludes halogenated alkanes) is 6. The normalized spacial score (nSPS) is 12.4. The second kappa shape index (κ2) is 9.35. The fourth-order valence-corrected chi connectivity index (χ4v) is 2.73. The SMILES string of the molecule is CCCCCCCCCc1ccc(OS(=O)(=O)C(F)(F)F)c(F)c1F. The molecular formula is C16H21F5O3S. The van der Waals surface area contributed by atoms with Crippen LogP contribution >= 0.6 is 0 Å². The standard InChI is InChI=1S/C16H21F5O3S/c1-2-3-4-5-6-7-8-9-12-10-11-13(15(18)14(12)17)24-25(22,23)16(19,20)21/h10-11H,2-9H2,1H3. The minimum absolute atomic E-state index is 0.0252. The number of halogens is 5. The Morgan fingerprint density at radius 1 is 0.920 bits per heavy atom. The highest BCUT2D eigenvalue weighted by atomic mass is 32.2. The van der Waals surface area contributed by atoms with Crippen molar-refractivity contribution in [2.24, 2.45) is 0 Å². The van der Waals surface area contributed by atoms with Crippen LogP contribution in [0.3, 0.4) is 0 Å². The van der Waals surface area contributed by atoms with Crippen LogP contribution in [0.2, 0.25) is 0 Å². The van der Waals surface area contributed by atoms with Gasteiger partial charge >= 0.3 is 15.6 Å². The Balaban J connectivity index is 2.65. The molecule has 3 nitrogen and oxygen atoms in total. The highest BCUT2D eigenvalue weighted by Crippen LogP contribution is 2.30. The molecule has 1 aromatic rings. The van der Waals surface area contributed by atoms with Gasteiger partial charge in [-0.1, -0.05) is 51.5 Å². The molecule has 0 aliphatic rings. The summed E-state index contributed by atoms with van der Waals surface area (Å²) in [4.78, 5) is 0. The lowest BCUT2D eigenvalue weighted by molar-refractivity contribution is -0.0501. The maximum Gasteiger partial charge on any atom is 0.534 e. The number of benzene rings is 1. The Morgan fingerprint density at radius 2 is 1.48 bits per heavy atom. The molecule has 0 saturated heterocycles. The predicted molar refractivity (Wildman–Crippen MR) is 83.7 cm³/mol. The van der Waals surface area contributed by atoms with Crippen molar-refractivity contribution in [1.82, 2.24) is 0 Å². The Bertz CT molecular complexity index is 656. The maximum absolute atomic E-state index is 13.9. The van der Waals surface area contributed by atoms with Gasteiger partial charge in [0.25, 0.3) is 0 Å². The second-order valence-electron chi connectivity index (χ2n) is 5.71. The molecule has 0 bridgehead atoms. The van der Waals surface area contributed by atoms with Crippen LogP contribution in [-0.4, -0.2) is 13.9 Å². The van der Waals surface area contributed by atoms with Crippen LogP contribution in [0, 0.1) is 11.6 Å². The molecule has 0 saturated carbocycles. The summed E-state index contributed by atoms with van der Waals surface area (Å²) < 4.78 is 89.6. The number of alkyl halides is 3. The Morgan fingerprint density at radius 3 is 2.04 bits per heavy atom. The lowest BCUT2D eigenvalue weighted by Crippen LogP contribution is -2.28. The van der Waals surface area contributed by atoms with Crippen molar-refractivity contribution in [2.45, 2.75) is 63.8 Å². The lowest BCUT2D eigenvalue weighted by atomic mass is 10.0. The zero-order valence-corrected chi connectivity index (χ0v) is 14.7. The van der Waals surface area contributed by atoms with Gasteiger partial charge in [-0.25, -0.2) is 4.39 Å². The van der Waals surface area contributed by atoms with Crippen LogP contribution in [-0.2, 0) is 16.5 Å². The largest absolute Gasteiger partial charge is 0.534 e. The molecule has 9 heteroatoms. The Kier molecular flexibility index (Phi) is 8.11. The van der Waals surface area contributed by atoms with Gasteiger partial charge in [0, 0.05) is 0 Å². The van der Waals surface area contributed by atoms with Crippen molar-refractivity contribution in [1.29, 1.82) is 0 Å². The average molecular weight is 388 g/mol. The average Bonchev–Trinajstić information content (AvgIpc) is 2.51. The van der Waals surface area contributed by atoms with Crippen molar-refractivity contribution in [3.05, 3.63) is 29.3 Å². The first kappa shape index (κ1) is 21.7. The van der Waals surface area contributed by atoms with E-state index in [2.05, 4.69) is 11.1 Å². The number of hydrogen-bond acceptors (Lipinski definition) is 3. The van der Waals surface area contributed by atoms with Crippen LogP contribution in [0.1, 0.15) is 57.4 Å². The zero-order chi connectivity index (χ0) is 19.1. The molecule has 0 atom stereocenters. The zero-order valence-electron chi connectivity index (χ0n) is 13.8. The second-order valence-corrected chi connectivity index (χ2v) is 7.24. The summed E-state index contributed by atoms with van der Waals surface area (Å²) in [7, 11) is -6.04. The number of rotatable bonds is 10. The molecule has 0 unspecified atom stereocenters. The van der Waals surface area contributed by atoms with Gasteiger partial charge in [-0.05, 0) is 24.5 Å². The molecule has 1 aromatic carbocycles. The molecular weight excluding hydrogens is 367 g/mol. The minimum Gasteiger partial charge on any atom is -0.373 e. The molecule has 0 N–H and O–H groups in total. The third kappa shape index (κ3) is 6.45. The van der Waals surface area contributed by atoms with E-state index in [0.717, 1.165) is 44.6 Å². The minimum atomic E-state index is -6.04. The Labute approximate surface area is 144 Å². The molecule has 25 heavy (non-hydrogen) atoms. The summed E-state index contributed by atoms with van der Waals surface area (Å²) in [5.41, 5.74) is -5.74. The van der Waals surface area contributed by atoms with E-state index in [-0.39, 0.29) is 12.0 Å². The summed E-state index contributed by atoms with van der Waals surface area (Å²) in [6.45, 7) is 2.10. The fourth-order valence-electron chi connectivity index (χ4n) is 2.27. The van der Waals surface area contributed by atoms with Gasteiger partial charge in [-0.15, -0.1) is 0 Å². The van der Waals surface area contributed by atoms with E-state index >= 15 is 0 Å². The van der Waals surface area contributed by atoms with Crippen molar-refractivity contribution in [3.63, 3.8) is 0 Å². The van der Waals surface area contributed by atoms with Crippen LogP contribution in [0.4, 0.5) is 22.0 Å². The molecule has 0 aromatic heterocycles. The topological polar surface area (TPSA) is 43.4 Å². The monoisotopic (exact) mass is 388 g/mol. The molecule has 0 aliphatic heterocycles. The third-order valence-electron chi connectivity index (χ3n) is 3.66. The van der Waals surface area contributed by atoms with Gasteiger partial charge in [-0.2, -0.15) is 26.0 Å². The Hall–Kier alpha value is -1.38. The molecule has 0 amide bonds. The van der Waals surface area contributed by atoms with E-state index in [4.69, 9.17) is 0 Å². The third-order valence-corrected chi connectivity index (χ3v) is 4.63. The van der Waals surface area contributed by atoms with Gasteiger partial charge in [0.05, 0.1) is 0 Å². The van der Waals surface area contributed by atoms with Gasteiger partial charge in [0.1, 0.15) is 0 Å². The van der Waals surface area contributed by atoms with Crippen molar-refractivity contribution >= 4 is 10.1 Å².